The van der Waals surface area contributed by atoms with Crippen LogP contribution in [0.4, 0.5) is 0 Å². The van der Waals surface area contributed by atoms with Crippen molar-refractivity contribution in [3.8, 4) is 0 Å². The summed E-state index contributed by atoms with van der Waals surface area (Å²) in [6.45, 7) is 13.1. The molecule has 19 heavy (non-hydrogen) atoms. The highest BCUT2D eigenvalue weighted by molar-refractivity contribution is 4.83. The predicted molar refractivity (Wildman–Crippen MR) is 86.9 cm³/mol. The number of hydrogen-bond acceptors (Lipinski definition) is 3. The molecule has 0 aliphatic carbocycles. The summed E-state index contributed by atoms with van der Waals surface area (Å²) in [7, 11) is 4.47. The third kappa shape index (κ3) is 7.91. The second-order valence-electron chi connectivity index (χ2n) is 5.35. The topological polar surface area (TPSA) is 18.5 Å². The van der Waals surface area contributed by atoms with Crippen molar-refractivity contribution in [1.29, 1.82) is 0 Å². The second kappa shape index (κ2) is 11.7. The highest BCUT2D eigenvalue weighted by Crippen LogP contribution is 2.13. The Bertz CT molecular complexity index is 188. The maximum atomic E-state index is 3.84. The third-order valence-corrected chi connectivity index (χ3v) is 3.81. The molecule has 0 saturated carbocycles. The van der Waals surface area contributed by atoms with E-state index in [4.69, 9.17) is 0 Å². The molecule has 116 valence electrons. The first kappa shape index (κ1) is 18.9. The summed E-state index contributed by atoms with van der Waals surface area (Å²) in [6.07, 6.45) is 5.39. The molecule has 1 unspecified atom stereocenters. The van der Waals surface area contributed by atoms with Crippen molar-refractivity contribution in [1.82, 2.24) is 15.1 Å². The van der Waals surface area contributed by atoms with E-state index in [9.17, 15) is 0 Å². The SMILES string of the molecule is CC.CC.CN1CCC(NC2CCCN(C)C2)CC1. The van der Waals surface area contributed by atoms with E-state index in [1.165, 1.54) is 51.9 Å². The van der Waals surface area contributed by atoms with Gasteiger partial charge in [0.2, 0.25) is 0 Å². The van der Waals surface area contributed by atoms with Crippen molar-refractivity contribution in [3.63, 3.8) is 0 Å². The standard InChI is InChI=1S/C12H25N3.2C2H6/c1-14-8-5-11(6-9-14)13-12-4-3-7-15(2)10-12;2*1-2/h11-13H,3-10H2,1-2H3;2*1-2H3. The van der Waals surface area contributed by atoms with Crippen molar-refractivity contribution >= 4 is 0 Å². The number of hydrogen-bond donors (Lipinski definition) is 1. The van der Waals surface area contributed by atoms with E-state index < -0.39 is 0 Å². The summed E-state index contributed by atoms with van der Waals surface area (Å²) in [5.74, 6) is 0. The largest absolute Gasteiger partial charge is 0.310 e. The van der Waals surface area contributed by atoms with Crippen LogP contribution >= 0.6 is 0 Å². The van der Waals surface area contributed by atoms with Crippen LogP contribution in [-0.4, -0.2) is 62.2 Å². The lowest BCUT2D eigenvalue weighted by Crippen LogP contribution is -2.50. The molecule has 0 amide bonds. The smallest absolute Gasteiger partial charge is 0.0197 e. The van der Waals surface area contributed by atoms with E-state index in [1.54, 1.807) is 0 Å². The number of likely N-dealkylation sites (tertiary alicyclic amines) is 2. The van der Waals surface area contributed by atoms with E-state index >= 15 is 0 Å². The van der Waals surface area contributed by atoms with Gasteiger partial charge in [-0.05, 0) is 59.4 Å². The van der Waals surface area contributed by atoms with Crippen molar-refractivity contribution in [2.45, 2.75) is 65.5 Å². The van der Waals surface area contributed by atoms with Crippen molar-refractivity contribution in [2.24, 2.45) is 0 Å². The van der Waals surface area contributed by atoms with Gasteiger partial charge in [0.05, 0.1) is 0 Å². The molecule has 0 aromatic rings. The van der Waals surface area contributed by atoms with Gasteiger partial charge >= 0.3 is 0 Å². The van der Waals surface area contributed by atoms with Crippen molar-refractivity contribution < 1.29 is 0 Å². The summed E-state index contributed by atoms with van der Waals surface area (Å²) >= 11 is 0. The number of piperidine rings is 2. The van der Waals surface area contributed by atoms with E-state index in [-0.39, 0.29) is 0 Å². The number of nitrogens with zero attached hydrogens (tertiary/aromatic N) is 2. The molecule has 2 aliphatic heterocycles. The Hall–Kier alpha value is -0.120. The quantitative estimate of drug-likeness (QED) is 0.833. The molecule has 0 radical (unpaired) electrons. The van der Waals surface area contributed by atoms with Crippen LogP contribution in [0.3, 0.4) is 0 Å². The summed E-state index contributed by atoms with van der Waals surface area (Å²) < 4.78 is 0. The van der Waals surface area contributed by atoms with Gasteiger partial charge in [-0.3, -0.25) is 0 Å². The first-order chi connectivity index (χ1) is 9.24. The maximum Gasteiger partial charge on any atom is 0.0197 e. The van der Waals surface area contributed by atoms with Crippen LogP contribution in [0.15, 0.2) is 0 Å². The van der Waals surface area contributed by atoms with E-state index in [0.717, 1.165) is 12.1 Å². The van der Waals surface area contributed by atoms with Crippen LogP contribution in [-0.2, 0) is 0 Å². The molecule has 2 rings (SSSR count). The Labute approximate surface area is 121 Å². The van der Waals surface area contributed by atoms with Gasteiger partial charge in [-0.2, -0.15) is 0 Å². The van der Waals surface area contributed by atoms with Gasteiger partial charge in [-0.15, -0.1) is 0 Å². The molecule has 3 nitrogen and oxygen atoms in total. The molecule has 2 heterocycles. The van der Waals surface area contributed by atoms with E-state index in [1.807, 2.05) is 27.7 Å². The lowest BCUT2D eigenvalue weighted by molar-refractivity contribution is 0.181. The van der Waals surface area contributed by atoms with Gasteiger partial charge in [0.15, 0.2) is 0 Å². The van der Waals surface area contributed by atoms with Crippen LogP contribution in [0.5, 0.6) is 0 Å². The fourth-order valence-electron chi connectivity index (χ4n) is 2.81. The molecule has 2 saturated heterocycles. The summed E-state index contributed by atoms with van der Waals surface area (Å²) in [5, 5.41) is 3.84. The highest BCUT2D eigenvalue weighted by atomic mass is 15.2. The third-order valence-electron chi connectivity index (χ3n) is 3.81. The van der Waals surface area contributed by atoms with Gasteiger partial charge in [0.1, 0.15) is 0 Å². The van der Waals surface area contributed by atoms with Gasteiger partial charge in [0, 0.05) is 18.6 Å². The minimum absolute atomic E-state index is 0.747. The lowest BCUT2D eigenvalue weighted by atomic mass is 10.0. The molecule has 3 heteroatoms. The minimum Gasteiger partial charge on any atom is -0.310 e. The fourth-order valence-corrected chi connectivity index (χ4v) is 2.81. The zero-order chi connectivity index (χ0) is 14.7. The average Bonchev–Trinajstić information content (AvgIpc) is 2.46. The van der Waals surface area contributed by atoms with Crippen LogP contribution in [0.25, 0.3) is 0 Å². The number of rotatable bonds is 2. The summed E-state index contributed by atoms with van der Waals surface area (Å²) in [6, 6.07) is 1.52. The molecule has 1 N–H and O–H groups in total. The predicted octanol–water partition coefficient (Wildman–Crippen LogP) is 2.82. The van der Waals surface area contributed by atoms with Crippen molar-refractivity contribution in [3.05, 3.63) is 0 Å². The van der Waals surface area contributed by atoms with Gasteiger partial charge in [-0.1, -0.05) is 27.7 Å². The van der Waals surface area contributed by atoms with Crippen LogP contribution < -0.4 is 5.32 Å². The zero-order valence-electron chi connectivity index (χ0n) is 14.2. The molecule has 1 atom stereocenters. The van der Waals surface area contributed by atoms with Crippen LogP contribution in [0, 0.1) is 0 Å². The molecule has 0 spiro atoms. The first-order valence-corrected chi connectivity index (χ1v) is 8.37. The fraction of sp³-hybridized carbons (Fsp3) is 1.00. The lowest BCUT2D eigenvalue weighted by Gasteiger charge is -2.36. The molecule has 0 aromatic carbocycles. The Morgan fingerprint density at radius 3 is 1.84 bits per heavy atom. The number of likely N-dealkylation sites (N-methyl/N-ethyl adjacent to an activating group) is 1. The zero-order valence-corrected chi connectivity index (χ0v) is 14.2. The molecule has 0 aromatic heterocycles. The maximum absolute atomic E-state index is 3.84. The van der Waals surface area contributed by atoms with E-state index in [0.29, 0.717) is 0 Å². The number of nitrogens with one attached hydrogen (secondary N) is 1. The Morgan fingerprint density at radius 1 is 0.737 bits per heavy atom. The second-order valence-corrected chi connectivity index (χ2v) is 5.35. The van der Waals surface area contributed by atoms with E-state index in [2.05, 4.69) is 29.2 Å². The molecular weight excluding hydrogens is 234 g/mol. The monoisotopic (exact) mass is 271 g/mol. The molecule has 0 bridgehead atoms. The Kier molecular flexibility index (Phi) is 11.6. The molecule has 2 fully saturated rings. The highest BCUT2D eigenvalue weighted by Gasteiger charge is 2.22. The summed E-state index contributed by atoms with van der Waals surface area (Å²) in [5.41, 5.74) is 0. The van der Waals surface area contributed by atoms with Gasteiger partial charge < -0.3 is 15.1 Å². The molecular formula is C16H37N3. The first-order valence-electron chi connectivity index (χ1n) is 8.37. The van der Waals surface area contributed by atoms with Crippen LogP contribution in [0.1, 0.15) is 53.4 Å². The minimum atomic E-state index is 0.747. The van der Waals surface area contributed by atoms with Crippen LogP contribution in [0.2, 0.25) is 0 Å². The average molecular weight is 271 g/mol. The molecule has 2 aliphatic rings. The Morgan fingerprint density at radius 2 is 1.32 bits per heavy atom. The van der Waals surface area contributed by atoms with Crippen molar-refractivity contribution in [2.75, 3.05) is 40.3 Å². The normalized spacial score (nSPS) is 25.9. The Balaban J connectivity index is 0.000000741. The van der Waals surface area contributed by atoms with Gasteiger partial charge in [-0.25, -0.2) is 0 Å². The summed E-state index contributed by atoms with van der Waals surface area (Å²) in [4.78, 5) is 4.89. The van der Waals surface area contributed by atoms with Gasteiger partial charge in [0.25, 0.3) is 0 Å².